The number of hydrogen-bond donors (Lipinski definition) is 2. The van der Waals surface area contributed by atoms with Crippen molar-refractivity contribution in [1.82, 2.24) is 24.8 Å². The van der Waals surface area contributed by atoms with Crippen molar-refractivity contribution >= 4 is 28.4 Å². The topological polar surface area (TPSA) is 78.3 Å². The fourth-order valence-corrected chi connectivity index (χ4v) is 4.46. The average Bonchev–Trinajstić information content (AvgIpc) is 3.34. The molecule has 32 heavy (non-hydrogen) atoms. The van der Waals surface area contributed by atoms with E-state index in [-0.39, 0.29) is 11.6 Å². The van der Waals surface area contributed by atoms with E-state index in [4.69, 9.17) is 11.4 Å². The molecule has 8 heteroatoms. The fraction of sp³-hybridized carbons (Fsp3) is 0.375. The minimum atomic E-state index is -0.125. The zero-order valence-corrected chi connectivity index (χ0v) is 18.2. The molecule has 0 bridgehead atoms. The number of aromatic nitrogens is 3. The van der Waals surface area contributed by atoms with Crippen LogP contribution in [0.5, 0.6) is 0 Å². The Morgan fingerprint density at radius 2 is 1.97 bits per heavy atom. The number of nitrogens with zero attached hydrogens (tertiary/aromatic N) is 5. The van der Waals surface area contributed by atoms with E-state index in [0.29, 0.717) is 17.2 Å². The molecule has 164 valence electrons. The number of likely N-dealkylation sites (N-methyl/N-ethyl adjacent to an activating group) is 1. The molecule has 2 N–H and O–H groups in total. The molecule has 0 aliphatic carbocycles. The van der Waals surface area contributed by atoms with Crippen molar-refractivity contribution in [3.05, 3.63) is 52.4 Å². The molecule has 0 saturated carbocycles. The Bertz CT molecular complexity index is 1210. The summed E-state index contributed by atoms with van der Waals surface area (Å²) >= 11 is 0. The summed E-state index contributed by atoms with van der Waals surface area (Å²) in [7, 11) is 2.16. The molecular formula is C24H27N7O. The summed E-state index contributed by atoms with van der Waals surface area (Å²) in [6.07, 6.45) is 8.23. The van der Waals surface area contributed by atoms with Gasteiger partial charge in [-0.1, -0.05) is 5.92 Å². The normalized spacial score (nSPS) is 19.2. The third-order valence-electron chi connectivity index (χ3n) is 6.34. The van der Waals surface area contributed by atoms with E-state index in [0.717, 1.165) is 56.8 Å². The number of pyridine rings is 1. The van der Waals surface area contributed by atoms with E-state index in [9.17, 15) is 4.79 Å². The number of rotatable bonds is 4. The lowest BCUT2D eigenvalue weighted by Crippen LogP contribution is -2.44. The number of anilines is 3. The van der Waals surface area contributed by atoms with Gasteiger partial charge in [-0.2, -0.15) is 4.98 Å². The van der Waals surface area contributed by atoms with Gasteiger partial charge >= 0.3 is 0 Å². The largest absolute Gasteiger partial charge is 0.369 e. The summed E-state index contributed by atoms with van der Waals surface area (Å²) < 4.78 is 1.75. The SMILES string of the molecule is C#Cc1cc(=O)n(C2CCNC2)c2nc(Nc3ccc(N4CCN(C)CC4)cc3)ncc12. The fourth-order valence-electron chi connectivity index (χ4n) is 4.46. The highest BCUT2D eigenvalue weighted by Gasteiger charge is 2.22. The highest BCUT2D eigenvalue weighted by atomic mass is 16.1. The van der Waals surface area contributed by atoms with E-state index >= 15 is 0 Å². The van der Waals surface area contributed by atoms with Crippen molar-refractivity contribution < 1.29 is 0 Å². The monoisotopic (exact) mass is 429 g/mol. The van der Waals surface area contributed by atoms with Crippen LogP contribution in [0, 0.1) is 12.3 Å². The maximum absolute atomic E-state index is 12.8. The van der Waals surface area contributed by atoms with Crippen LogP contribution in [0.1, 0.15) is 18.0 Å². The summed E-state index contributed by atoms with van der Waals surface area (Å²) in [5, 5.41) is 7.31. The predicted molar refractivity (Wildman–Crippen MR) is 128 cm³/mol. The quantitative estimate of drug-likeness (QED) is 0.613. The molecule has 0 amide bonds. The van der Waals surface area contributed by atoms with Gasteiger partial charge in [0.15, 0.2) is 0 Å². The summed E-state index contributed by atoms with van der Waals surface area (Å²) in [6.45, 7) is 5.83. The first-order valence-corrected chi connectivity index (χ1v) is 11.0. The van der Waals surface area contributed by atoms with Crippen LogP contribution in [0.3, 0.4) is 0 Å². The number of terminal acetylenes is 1. The first-order valence-electron chi connectivity index (χ1n) is 11.0. The van der Waals surface area contributed by atoms with Gasteiger partial charge in [-0.15, -0.1) is 6.42 Å². The van der Waals surface area contributed by atoms with Gasteiger partial charge in [0.25, 0.3) is 5.56 Å². The Morgan fingerprint density at radius 1 is 1.19 bits per heavy atom. The Balaban J connectivity index is 1.44. The standard InChI is InChI=1S/C24H27N7O/c1-3-17-14-22(32)31(20-8-9-25-15-20)23-21(17)16-26-24(28-23)27-18-4-6-19(7-5-18)30-12-10-29(2)11-13-30/h1,4-7,14,16,20,25H,8-13,15H2,2H3,(H,26,27,28). The number of hydrogen-bond acceptors (Lipinski definition) is 7. The highest BCUT2D eigenvalue weighted by molar-refractivity contribution is 5.82. The molecule has 4 heterocycles. The molecule has 0 radical (unpaired) electrons. The van der Waals surface area contributed by atoms with Crippen LogP contribution in [-0.4, -0.2) is 65.8 Å². The lowest BCUT2D eigenvalue weighted by molar-refractivity contribution is 0.313. The van der Waals surface area contributed by atoms with Crippen molar-refractivity contribution in [3.8, 4) is 12.3 Å². The summed E-state index contributed by atoms with van der Waals surface area (Å²) in [6, 6.07) is 9.87. The molecule has 2 aliphatic rings. The lowest BCUT2D eigenvalue weighted by Gasteiger charge is -2.34. The van der Waals surface area contributed by atoms with Crippen LogP contribution >= 0.6 is 0 Å². The third-order valence-corrected chi connectivity index (χ3v) is 6.34. The molecule has 2 aromatic heterocycles. The Morgan fingerprint density at radius 3 is 2.66 bits per heavy atom. The van der Waals surface area contributed by atoms with Crippen molar-refractivity contribution in [2.45, 2.75) is 12.5 Å². The van der Waals surface area contributed by atoms with Gasteiger partial charge < -0.3 is 20.4 Å². The van der Waals surface area contributed by atoms with Gasteiger partial charge in [0.05, 0.1) is 11.4 Å². The van der Waals surface area contributed by atoms with Crippen LogP contribution in [0.25, 0.3) is 11.0 Å². The van der Waals surface area contributed by atoms with E-state index in [1.807, 2.05) is 12.1 Å². The summed E-state index contributed by atoms with van der Waals surface area (Å²) in [5.41, 5.74) is 3.08. The molecule has 5 rings (SSSR count). The van der Waals surface area contributed by atoms with E-state index in [2.05, 4.69) is 50.5 Å². The second-order valence-electron chi connectivity index (χ2n) is 8.45. The second-order valence-corrected chi connectivity index (χ2v) is 8.45. The highest BCUT2D eigenvalue weighted by Crippen LogP contribution is 2.24. The van der Waals surface area contributed by atoms with Gasteiger partial charge in [-0.3, -0.25) is 9.36 Å². The van der Waals surface area contributed by atoms with Crippen LogP contribution in [0.4, 0.5) is 17.3 Å². The minimum Gasteiger partial charge on any atom is -0.369 e. The van der Waals surface area contributed by atoms with Crippen molar-refractivity contribution in [2.24, 2.45) is 0 Å². The van der Waals surface area contributed by atoms with Crippen molar-refractivity contribution in [1.29, 1.82) is 0 Å². The van der Waals surface area contributed by atoms with Gasteiger partial charge in [0, 0.05) is 61.9 Å². The summed E-state index contributed by atoms with van der Waals surface area (Å²) in [5.74, 6) is 3.04. The van der Waals surface area contributed by atoms with Gasteiger partial charge in [0.2, 0.25) is 5.95 Å². The maximum atomic E-state index is 12.8. The molecule has 8 nitrogen and oxygen atoms in total. The van der Waals surface area contributed by atoms with Crippen molar-refractivity contribution in [3.63, 3.8) is 0 Å². The van der Waals surface area contributed by atoms with Gasteiger partial charge in [-0.25, -0.2) is 4.98 Å². The van der Waals surface area contributed by atoms with Crippen LogP contribution in [0.15, 0.2) is 41.3 Å². The first kappa shape index (κ1) is 20.5. The molecule has 0 spiro atoms. The van der Waals surface area contributed by atoms with Gasteiger partial charge in [-0.05, 0) is 44.3 Å². The van der Waals surface area contributed by atoms with Gasteiger partial charge in [0.1, 0.15) is 5.65 Å². The molecule has 2 fully saturated rings. The zero-order chi connectivity index (χ0) is 22.1. The number of fused-ring (bicyclic) bond motifs is 1. The molecular weight excluding hydrogens is 402 g/mol. The summed E-state index contributed by atoms with van der Waals surface area (Å²) in [4.78, 5) is 26.7. The molecule has 1 atom stereocenters. The Kier molecular flexibility index (Phi) is 5.52. The molecule has 1 unspecified atom stereocenters. The van der Waals surface area contributed by atoms with E-state index in [1.54, 1.807) is 10.8 Å². The predicted octanol–water partition coefficient (Wildman–Crippen LogP) is 1.80. The van der Waals surface area contributed by atoms with Crippen LogP contribution < -0.4 is 21.1 Å². The molecule has 1 aromatic carbocycles. The number of benzene rings is 1. The Hall–Kier alpha value is -3.41. The molecule has 3 aromatic rings. The number of nitrogens with one attached hydrogen (secondary N) is 2. The Labute approximate surface area is 187 Å². The first-order chi connectivity index (χ1) is 15.6. The third kappa shape index (κ3) is 3.93. The second kappa shape index (κ2) is 8.61. The van der Waals surface area contributed by atoms with E-state index < -0.39 is 0 Å². The maximum Gasteiger partial charge on any atom is 0.253 e. The molecule has 2 aliphatic heterocycles. The van der Waals surface area contributed by atoms with Crippen LogP contribution in [-0.2, 0) is 0 Å². The smallest absolute Gasteiger partial charge is 0.253 e. The number of piperazine rings is 1. The zero-order valence-electron chi connectivity index (χ0n) is 18.2. The average molecular weight is 430 g/mol. The minimum absolute atomic E-state index is 0.0578. The van der Waals surface area contributed by atoms with E-state index in [1.165, 1.54) is 11.8 Å². The van der Waals surface area contributed by atoms with Crippen molar-refractivity contribution in [2.75, 3.05) is 56.5 Å². The lowest BCUT2D eigenvalue weighted by atomic mass is 10.1. The molecule has 2 saturated heterocycles. The van der Waals surface area contributed by atoms with Crippen LogP contribution in [0.2, 0.25) is 0 Å².